The SMILES string of the molecule is NCC(Oc1cc(F)ccc1F)c1ccccc1Br. The lowest BCUT2D eigenvalue weighted by molar-refractivity contribution is 0.203. The summed E-state index contributed by atoms with van der Waals surface area (Å²) >= 11 is 3.38. The Bertz CT molecular complexity index is 577. The van der Waals surface area contributed by atoms with E-state index in [1.54, 1.807) is 0 Å². The van der Waals surface area contributed by atoms with E-state index in [0.717, 1.165) is 28.2 Å². The van der Waals surface area contributed by atoms with E-state index in [1.165, 1.54) is 0 Å². The molecule has 19 heavy (non-hydrogen) atoms. The molecule has 2 aromatic rings. The number of hydrogen-bond acceptors (Lipinski definition) is 2. The van der Waals surface area contributed by atoms with Crippen LogP contribution in [0.4, 0.5) is 8.78 Å². The zero-order valence-electron chi connectivity index (χ0n) is 9.95. The lowest BCUT2D eigenvalue weighted by Gasteiger charge is -2.19. The second-order valence-electron chi connectivity index (χ2n) is 3.94. The Balaban J connectivity index is 2.29. The highest BCUT2D eigenvalue weighted by molar-refractivity contribution is 9.10. The molecule has 2 aromatic carbocycles. The van der Waals surface area contributed by atoms with Crippen LogP contribution >= 0.6 is 15.9 Å². The Kier molecular flexibility index (Phi) is 4.50. The maximum absolute atomic E-state index is 13.5. The van der Waals surface area contributed by atoms with Gasteiger partial charge in [0.1, 0.15) is 11.9 Å². The van der Waals surface area contributed by atoms with E-state index in [9.17, 15) is 8.78 Å². The van der Waals surface area contributed by atoms with E-state index in [2.05, 4.69) is 15.9 Å². The minimum atomic E-state index is -0.619. The third-order valence-electron chi connectivity index (χ3n) is 2.63. The number of benzene rings is 2. The quantitative estimate of drug-likeness (QED) is 0.926. The highest BCUT2D eigenvalue weighted by Gasteiger charge is 2.16. The van der Waals surface area contributed by atoms with Crippen molar-refractivity contribution in [3.8, 4) is 5.75 Å². The molecule has 0 amide bonds. The normalized spacial score (nSPS) is 12.2. The van der Waals surface area contributed by atoms with Crippen molar-refractivity contribution in [2.24, 2.45) is 5.73 Å². The van der Waals surface area contributed by atoms with E-state index >= 15 is 0 Å². The average molecular weight is 328 g/mol. The van der Waals surface area contributed by atoms with Crippen LogP contribution in [0.15, 0.2) is 46.9 Å². The molecule has 0 heterocycles. The van der Waals surface area contributed by atoms with E-state index < -0.39 is 17.7 Å². The van der Waals surface area contributed by atoms with Gasteiger partial charge in [-0.1, -0.05) is 34.1 Å². The fourth-order valence-electron chi connectivity index (χ4n) is 1.70. The molecule has 2 N–H and O–H groups in total. The molecule has 1 atom stereocenters. The van der Waals surface area contributed by atoms with Crippen LogP contribution in [0.3, 0.4) is 0 Å². The molecule has 0 spiro atoms. The molecule has 0 aliphatic carbocycles. The Morgan fingerprint density at radius 1 is 1.16 bits per heavy atom. The van der Waals surface area contributed by atoms with Crippen molar-refractivity contribution in [3.63, 3.8) is 0 Å². The molecule has 0 saturated heterocycles. The minimum absolute atomic E-state index is 0.147. The Morgan fingerprint density at radius 3 is 2.58 bits per heavy atom. The molecule has 2 nitrogen and oxygen atoms in total. The molecule has 0 fully saturated rings. The lowest BCUT2D eigenvalue weighted by Crippen LogP contribution is -2.19. The second-order valence-corrected chi connectivity index (χ2v) is 4.79. The predicted octanol–water partition coefficient (Wildman–Crippen LogP) is 3.81. The van der Waals surface area contributed by atoms with Crippen LogP contribution in [0.1, 0.15) is 11.7 Å². The summed E-state index contributed by atoms with van der Waals surface area (Å²) in [4.78, 5) is 0. The third-order valence-corrected chi connectivity index (χ3v) is 3.35. The molecule has 0 radical (unpaired) electrons. The Morgan fingerprint density at radius 2 is 1.89 bits per heavy atom. The summed E-state index contributed by atoms with van der Waals surface area (Å²) in [5, 5.41) is 0. The van der Waals surface area contributed by atoms with Crippen molar-refractivity contribution in [1.29, 1.82) is 0 Å². The molecule has 5 heteroatoms. The maximum Gasteiger partial charge on any atom is 0.165 e. The van der Waals surface area contributed by atoms with Gasteiger partial charge in [0.25, 0.3) is 0 Å². The van der Waals surface area contributed by atoms with Crippen LogP contribution in [0.5, 0.6) is 5.75 Å². The summed E-state index contributed by atoms with van der Waals surface area (Å²) in [7, 11) is 0. The van der Waals surface area contributed by atoms with Gasteiger partial charge in [-0.05, 0) is 18.2 Å². The van der Waals surface area contributed by atoms with Crippen LogP contribution in [-0.4, -0.2) is 6.54 Å². The van der Waals surface area contributed by atoms with Gasteiger partial charge in [0.15, 0.2) is 11.6 Å². The van der Waals surface area contributed by atoms with Gasteiger partial charge in [0.05, 0.1) is 0 Å². The topological polar surface area (TPSA) is 35.2 Å². The van der Waals surface area contributed by atoms with E-state index in [4.69, 9.17) is 10.5 Å². The Labute approximate surface area is 118 Å². The van der Waals surface area contributed by atoms with Gasteiger partial charge in [-0.2, -0.15) is 0 Å². The van der Waals surface area contributed by atoms with Crippen molar-refractivity contribution >= 4 is 15.9 Å². The fourth-order valence-corrected chi connectivity index (χ4v) is 2.24. The zero-order chi connectivity index (χ0) is 13.8. The highest BCUT2D eigenvalue weighted by atomic mass is 79.9. The molecule has 0 aliphatic rings. The summed E-state index contributed by atoms with van der Waals surface area (Å²) in [6, 6.07) is 10.4. The van der Waals surface area contributed by atoms with Crippen LogP contribution in [-0.2, 0) is 0 Å². The van der Waals surface area contributed by atoms with Crippen molar-refractivity contribution in [2.45, 2.75) is 6.10 Å². The molecule has 1 unspecified atom stereocenters. The first-order valence-electron chi connectivity index (χ1n) is 5.68. The predicted molar refractivity (Wildman–Crippen MR) is 72.9 cm³/mol. The van der Waals surface area contributed by atoms with Crippen LogP contribution in [0, 0.1) is 11.6 Å². The third kappa shape index (κ3) is 3.30. The lowest BCUT2D eigenvalue weighted by atomic mass is 10.1. The first-order valence-corrected chi connectivity index (χ1v) is 6.47. The first kappa shape index (κ1) is 14.0. The number of ether oxygens (including phenoxy) is 1. The van der Waals surface area contributed by atoms with Crippen molar-refractivity contribution in [3.05, 3.63) is 64.1 Å². The molecular formula is C14H12BrF2NO. The van der Waals surface area contributed by atoms with Gasteiger partial charge in [-0.3, -0.25) is 0 Å². The van der Waals surface area contributed by atoms with E-state index in [-0.39, 0.29) is 12.3 Å². The average Bonchev–Trinajstić information content (AvgIpc) is 2.41. The van der Waals surface area contributed by atoms with E-state index in [0.29, 0.717) is 0 Å². The van der Waals surface area contributed by atoms with Gasteiger partial charge in [0.2, 0.25) is 0 Å². The van der Waals surface area contributed by atoms with Crippen LogP contribution < -0.4 is 10.5 Å². The maximum atomic E-state index is 13.5. The fraction of sp³-hybridized carbons (Fsp3) is 0.143. The highest BCUT2D eigenvalue weighted by Crippen LogP contribution is 2.28. The number of rotatable bonds is 4. The van der Waals surface area contributed by atoms with Gasteiger partial charge < -0.3 is 10.5 Å². The molecule has 2 rings (SSSR count). The van der Waals surface area contributed by atoms with Crippen molar-refractivity contribution < 1.29 is 13.5 Å². The van der Waals surface area contributed by atoms with Crippen LogP contribution in [0.25, 0.3) is 0 Å². The largest absolute Gasteiger partial charge is 0.481 e. The molecule has 0 aliphatic heterocycles. The summed E-state index contributed by atoms with van der Waals surface area (Å²) in [5.41, 5.74) is 6.43. The summed E-state index contributed by atoms with van der Waals surface area (Å²) in [6.45, 7) is 0.151. The summed E-state index contributed by atoms with van der Waals surface area (Å²) < 4.78 is 32.9. The van der Waals surface area contributed by atoms with Gasteiger partial charge in [-0.25, -0.2) is 8.78 Å². The molecular weight excluding hydrogens is 316 g/mol. The van der Waals surface area contributed by atoms with Gasteiger partial charge in [0, 0.05) is 22.6 Å². The molecule has 0 aromatic heterocycles. The standard InChI is InChI=1S/C14H12BrF2NO/c15-11-4-2-1-3-10(11)14(8-18)19-13-7-9(16)5-6-12(13)17/h1-7,14H,8,18H2. The number of halogens is 3. The van der Waals surface area contributed by atoms with Crippen LogP contribution in [0.2, 0.25) is 0 Å². The summed E-state index contributed by atoms with van der Waals surface area (Å²) in [5.74, 6) is -1.32. The first-order chi connectivity index (χ1) is 9.11. The Hall–Kier alpha value is -1.46. The minimum Gasteiger partial charge on any atom is -0.481 e. The van der Waals surface area contributed by atoms with Gasteiger partial charge in [-0.15, -0.1) is 0 Å². The van der Waals surface area contributed by atoms with E-state index in [1.807, 2.05) is 24.3 Å². The molecule has 0 bridgehead atoms. The smallest absolute Gasteiger partial charge is 0.165 e. The molecule has 0 saturated carbocycles. The number of nitrogens with two attached hydrogens (primary N) is 1. The van der Waals surface area contributed by atoms with Crippen molar-refractivity contribution in [2.75, 3.05) is 6.54 Å². The summed E-state index contributed by atoms with van der Waals surface area (Å²) in [6.07, 6.45) is -0.549. The second kappa shape index (κ2) is 6.12. The van der Waals surface area contributed by atoms with Gasteiger partial charge >= 0.3 is 0 Å². The molecule has 100 valence electrons. The monoisotopic (exact) mass is 327 g/mol. The zero-order valence-corrected chi connectivity index (χ0v) is 11.5. The number of hydrogen-bond donors (Lipinski definition) is 1. The van der Waals surface area contributed by atoms with Crippen molar-refractivity contribution in [1.82, 2.24) is 0 Å².